The highest BCUT2D eigenvalue weighted by Crippen LogP contribution is 2.25. The highest BCUT2D eigenvalue weighted by atomic mass is 32.2. The van der Waals surface area contributed by atoms with Gasteiger partial charge in [0, 0.05) is 20.1 Å². The van der Waals surface area contributed by atoms with Crippen molar-refractivity contribution in [2.24, 2.45) is 5.92 Å². The zero-order valence-corrected chi connectivity index (χ0v) is 11.9. The monoisotopic (exact) mass is 262 g/mol. The number of nitrogens with zero attached hydrogens (tertiary/aromatic N) is 1. The van der Waals surface area contributed by atoms with E-state index in [1.165, 1.54) is 25.7 Å². The number of hydrogen-bond acceptors (Lipinski definition) is 3. The molecular weight excluding hydrogens is 236 g/mol. The molecule has 0 aromatic heterocycles. The minimum Gasteiger partial charge on any atom is -0.316 e. The van der Waals surface area contributed by atoms with E-state index in [2.05, 4.69) is 12.2 Å². The third kappa shape index (κ3) is 5.36. The molecule has 0 amide bonds. The summed E-state index contributed by atoms with van der Waals surface area (Å²) in [6.07, 6.45) is 5.94. The van der Waals surface area contributed by atoms with Gasteiger partial charge in [-0.25, -0.2) is 12.7 Å². The smallest absolute Gasteiger partial charge is 0.215 e. The van der Waals surface area contributed by atoms with Crippen molar-refractivity contribution in [2.45, 2.75) is 39.0 Å². The summed E-state index contributed by atoms with van der Waals surface area (Å²) >= 11 is 0. The molecule has 17 heavy (non-hydrogen) atoms. The van der Waals surface area contributed by atoms with Crippen LogP contribution in [0.3, 0.4) is 0 Å². The van der Waals surface area contributed by atoms with E-state index in [1.54, 1.807) is 11.4 Å². The van der Waals surface area contributed by atoms with E-state index in [4.69, 9.17) is 0 Å². The summed E-state index contributed by atoms with van der Waals surface area (Å²) in [5, 5.41) is 3.13. The highest BCUT2D eigenvalue weighted by molar-refractivity contribution is 7.89. The zero-order valence-electron chi connectivity index (χ0n) is 11.1. The van der Waals surface area contributed by atoms with Crippen molar-refractivity contribution in [1.82, 2.24) is 9.62 Å². The van der Waals surface area contributed by atoms with Crippen LogP contribution in [0.25, 0.3) is 0 Å². The first-order chi connectivity index (χ1) is 8.06. The van der Waals surface area contributed by atoms with Gasteiger partial charge in [0.05, 0.1) is 5.75 Å². The number of rotatable bonds is 8. The molecular formula is C12H26N2O2S. The van der Waals surface area contributed by atoms with Gasteiger partial charge in [-0.3, -0.25) is 0 Å². The minimum absolute atomic E-state index is 0.218. The summed E-state index contributed by atoms with van der Waals surface area (Å²) in [7, 11) is -1.34. The molecule has 5 heteroatoms. The Balaban J connectivity index is 2.29. The van der Waals surface area contributed by atoms with Gasteiger partial charge in [-0.15, -0.1) is 0 Å². The number of nitrogens with one attached hydrogen (secondary N) is 1. The fourth-order valence-corrected chi connectivity index (χ4v) is 3.48. The van der Waals surface area contributed by atoms with Gasteiger partial charge in [0.1, 0.15) is 0 Å². The average Bonchev–Trinajstić information content (AvgIpc) is 2.77. The maximum Gasteiger partial charge on any atom is 0.215 e. The first-order valence-electron chi connectivity index (χ1n) is 6.71. The molecule has 0 radical (unpaired) electrons. The second-order valence-electron chi connectivity index (χ2n) is 5.00. The van der Waals surface area contributed by atoms with E-state index >= 15 is 0 Å². The van der Waals surface area contributed by atoms with Crippen LogP contribution in [0.1, 0.15) is 39.0 Å². The Morgan fingerprint density at radius 3 is 2.47 bits per heavy atom. The fourth-order valence-electron chi connectivity index (χ4n) is 2.33. The van der Waals surface area contributed by atoms with E-state index in [0.29, 0.717) is 19.0 Å². The normalized spacial score (nSPS) is 18.1. The molecule has 0 spiro atoms. The van der Waals surface area contributed by atoms with Crippen molar-refractivity contribution in [2.75, 3.05) is 32.4 Å². The molecule has 0 aromatic carbocycles. The zero-order chi connectivity index (χ0) is 12.7. The SMILES string of the molecule is CCCNCCS(=O)(=O)N(C)CC1CCCC1. The summed E-state index contributed by atoms with van der Waals surface area (Å²) in [5.74, 6) is 0.800. The van der Waals surface area contributed by atoms with Crippen molar-refractivity contribution in [1.29, 1.82) is 0 Å². The molecule has 0 heterocycles. The molecule has 1 aliphatic carbocycles. The minimum atomic E-state index is -3.06. The Kier molecular flexibility index (Phi) is 6.44. The van der Waals surface area contributed by atoms with Crippen LogP contribution >= 0.6 is 0 Å². The molecule has 0 aliphatic heterocycles. The standard InChI is InChI=1S/C12H26N2O2S/c1-3-8-13-9-10-17(15,16)14(2)11-12-6-4-5-7-12/h12-13H,3-11H2,1-2H3. The van der Waals surface area contributed by atoms with Crippen LogP contribution < -0.4 is 5.32 Å². The molecule has 1 rings (SSSR count). The van der Waals surface area contributed by atoms with Crippen LogP contribution in [0, 0.1) is 5.92 Å². The van der Waals surface area contributed by atoms with Gasteiger partial charge in [0.25, 0.3) is 0 Å². The van der Waals surface area contributed by atoms with Crippen molar-refractivity contribution in [3.05, 3.63) is 0 Å². The third-order valence-electron chi connectivity index (χ3n) is 3.43. The predicted molar refractivity (Wildman–Crippen MR) is 71.5 cm³/mol. The largest absolute Gasteiger partial charge is 0.316 e. The lowest BCUT2D eigenvalue weighted by atomic mass is 10.1. The van der Waals surface area contributed by atoms with E-state index in [-0.39, 0.29) is 5.75 Å². The fraction of sp³-hybridized carbons (Fsp3) is 1.00. The first-order valence-corrected chi connectivity index (χ1v) is 8.32. The molecule has 102 valence electrons. The van der Waals surface area contributed by atoms with Crippen molar-refractivity contribution in [3.8, 4) is 0 Å². The molecule has 0 bridgehead atoms. The quantitative estimate of drug-likeness (QED) is 0.673. The second-order valence-corrected chi connectivity index (χ2v) is 7.19. The van der Waals surface area contributed by atoms with E-state index in [0.717, 1.165) is 13.0 Å². The van der Waals surface area contributed by atoms with Crippen LogP contribution in [0.2, 0.25) is 0 Å². The molecule has 1 aliphatic rings. The van der Waals surface area contributed by atoms with Gasteiger partial charge in [0.15, 0.2) is 0 Å². The first kappa shape index (κ1) is 14.9. The van der Waals surface area contributed by atoms with Gasteiger partial charge >= 0.3 is 0 Å². The lowest BCUT2D eigenvalue weighted by Crippen LogP contribution is -2.36. The van der Waals surface area contributed by atoms with Crippen LogP contribution in [0.4, 0.5) is 0 Å². The lowest BCUT2D eigenvalue weighted by molar-refractivity contribution is 0.387. The number of hydrogen-bond donors (Lipinski definition) is 1. The molecule has 1 saturated carbocycles. The number of sulfonamides is 1. The van der Waals surface area contributed by atoms with Gasteiger partial charge in [0.2, 0.25) is 10.0 Å². The van der Waals surface area contributed by atoms with E-state index in [9.17, 15) is 8.42 Å². The van der Waals surface area contributed by atoms with Gasteiger partial charge < -0.3 is 5.32 Å². The Bertz CT molecular complexity index is 298. The van der Waals surface area contributed by atoms with Gasteiger partial charge in [-0.05, 0) is 31.7 Å². The maximum absolute atomic E-state index is 12.0. The molecule has 1 N–H and O–H groups in total. The molecule has 0 unspecified atom stereocenters. The summed E-state index contributed by atoms with van der Waals surface area (Å²) in [5.41, 5.74) is 0. The Morgan fingerprint density at radius 2 is 1.88 bits per heavy atom. The summed E-state index contributed by atoms with van der Waals surface area (Å²) in [6.45, 7) is 4.23. The Hall–Kier alpha value is -0.130. The van der Waals surface area contributed by atoms with Crippen LogP contribution in [-0.4, -0.2) is 45.2 Å². The van der Waals surface area contributed by atoms with Crippen molar-refractivity contribution < 1.29 is 8.42 Å². The van der Waals surface area contributed by atoms with Crippen molar-refractivity contribution >= 4 is 10.0 Å². The molecule has 4 nitrogen and oxygen atoms in total. The second kappa shape index (κ2) is 7.34. The lowest BCUT2D eigenvalue weighted by Gasteiger charge is -2.20. The highest BCUT2D eigenvalue weighted by Gasteiger charge is 2.23. The van der Waals surface area contributed by atoms with Crippen molar-refractivity contribution in [3.63, 3.8) is 0 Å². The van der Waals surface area contributed by atoms with Crippen LogP contribution in [0.5, 0.6) is 0 Å². The molecule has 0 atom stereocenters. The Labute approximate surface area is 106 Å². The van der Waals surface area contributed by atoms with Crippen LogP contribution in [-0.2, 0) is 10.0 Å². The van der Waals surface area contributed by atoms with Gasteiger partial charge in [-0.2, -0.15) is 0 Å². The third-order valence-corrected chi connectivity index (χ3v) is 5.25. The average molecular weight is 262 g/mol. The summed E-state index contributed by atoms with van der Waals surface area (Å²) < 4.78 is 25.5. The van der Waals surface area contributed by atoms with Crippen LogP contribution in [0.15, 0.2) is 0 Å². The van der Waals surface area contributed by atoms with Gasteiger partial charge in [-0.1, -0.05) is 19.8 Å². The molecule has 0 aromatic rings. The van der Waals surface area contributed by atoms with E-state index in [1.807, 2.05) is 0 Å². The summed E-state index contributed by atoms with van der Waals surface area (Å²) in [6, 6.07) is 0. The maximum atomic E-state index is 12.0. The molecule has 1 fully saturated rings. The topological polar surface area (TPSA) is 49.4 Å². The molecule has 0 saturated heterocycles. The Morgan fingerprint density at radius 1 is 1.24 bits per heavy atom. The summed E-state index contributed by atoms with van der Waals surface area (Å²) in [4.78, 5) is 0. The predicted octanol–water partition coefficient (Wildman–Crippen LogP) is 1.44. The van der Waals surface area contributed by atoms with E-state index < -0.39 is 10.0 Å².